The summed E-state index contributed by atoms with van der Waals surface area (Å²) in [6, 6.07) is 11.4. The Balaban J connectivity index is 0.000000159. The van der Waals surface area contributed by atoms with Crippen LogP contribution in [0.1, 0.15) is 11.5 Å². The smallest absolute Gasteiger partial charge is 0.129 e. The van der Waals surface area contributed by atoms with Gasteiger partial charge in [0.25, 0.3) is 0 Å². The van der Waals surface area contributed by atoms with E-state index < -0.39 is 0 Å². The third kappa shape index (κ3) is 7.89. The predicted molar refractivity (Wildman–Crippen MR) is 87.2 cm³/mol. The molecule has 0 aliphatic carbocycles. The lowest BCUT2D eigenvalue weighted by Crippen LogP contribution is -1.73. The first-order valence-electron chi connectivity index (χ1n) is 6.37. The molecule has 3 aromatic rings. The average molecular weight is 278 g/mol. The maximum atomic E-state index is 3.98. The van der Waals surface area contributed by atoms with Crippen molar-refractivity contribution < 1.29 is 0 Å². The highest BCUT2D eigenvalue weighted by Gasteiger charge is 1.78. The summed E-state index contributed by atoms with van der Waals surface area (Å²) in [5.41, 5.74) is 0.924. The first-order valence-corrected chi connectivity index (χ1v) is 6.37. The zero-order chi connectivity index (χ0) is 15.2. The summed E-state index contributed by atoms with van der Waals surface area (Å²) in [5.74, 6) is 0.819. The number of imidazole rings is 1. The molecule has 1 N–H and O–H groups in total. The summed E-state index contributed by atoms with van der Waals surface area (Å²) in [4.78, 5) is 14.5. The van der Waals surface area contributed by atoms with E-state index in [4.69, 9.17) is 0 Å². The van der Waals surface area contributed by atoms with Gasteiger partial charge in [-0.25, -0.2) is 4.98 Å². The first-order chi connectivity index (χ1) is 10.4. The van der Waals surface area contributed by atoms with E-state index in [1.54, 1.807) is 43.1 Å². The van der Waals surface area contributed by atoms with Crippen molar-refractivity contribution >= 4 is 12.2 Å². The highest BCUT2D eigenvalue weighted by molar-refractivity contribution is 5.40. The lowest BCUT2D eigenvalue weighted by molar-refractivity contribution is 1.27. The molecular weight excluding hydrogens is 260 g/mol. The number of nitrogens with zero attached hydrogens (tertiary/aromatic N) is 3. The first kappa shape index (κ1) is 16.0. The van der Waals surface area contributed by atoms with Gasteiger partial charge in [-0.1, -0.05) is 25.3 Å². The van der Waals surface area contributed by atoms with Crippen LogP contribution in [0.15, 0.2) is 80.5 Å². The largest absolute Gasteiger partial charge is 0.345 e. The number of hydrogen-bond acceptors (Lipinski definition) is 3. The van der Waals surface area contributed by atoms with Gasteiger partial charge in [0.15, 0.2) is 0 Å². The molecule has 0 aromatic carbocycles. The summed E-state index contributed by atoms with van der Waals surface area (Å²) in [7, 11) is 0. The van der Waals surface area contributed by atoms with E-state index >= 15 is 0 Å². The Labute approximate surface area is 125 Å². The molecule has 0 fully saturated rings. The van der Waals surface area contributed by atoms with Crippen molar-refractivity contribution in [2.75, 3.05) is 0 Å². The summed E-state index contributed by atoms with van der Waals surface area (Å²) < 4.78 is 0. The van der Waals surface area contributed by atoms with Gasteiger partial charge >= 0.3 is 0 Å². The molecule has 3 rings (SSSR count). The van der Waals surface area contributed by atoms with E-state index in [0.717, 1.165) is 11.5 Å². The zero-order valence-corrected chi connectivity index (χ0v) is 11.8. The van der Waals surface area contributed by atoms with E-state index in [2.05, 4.69) is 33.1 Å². The standard InChI is InChI=1S/C7H7N.C5H6N2.C5H5N/c1-2-7-5-3-4-6-8-7;1-2-5-6-3-4-7-5;1-2-4-6-5-3-1/h2-6H,1H2;2-4H,1H2,(H,6,7);1-5H. The Hall–Kier alpha value is -3.01. The Morgan fingerprint density at radius 3 is 1.86 bits per heavy atom. The van der Waals surface area contributed by atoms with Crippen molar-refractivity contribution in [1.29, 1.82) is 0 Å². The van der Waals surface area contributed by atoms with Gasteiger partial charge in [0.05, 0.1) is 5.69 Å². The number of hydrogen-bond donors (Lipinski definition) is 1. The lowest BCUT2D eigenvalue weighted by Gasteiger charge is -1.84. The zero-order valence-electron chi connectivity index (χ0n) is 11.8. The minimum absolute atomic E-state index is 0.819. The van der Waals surface area contributed by atoms with Crippen molar-refractivity contribution in [3.63, 3.8) is 0 Å². The predicted octanol–water partition coefficient (Wildman–Crippen LogP) is 3.86. The van der Waals surface area contributed by atoms with E-state index in [1.165, 1.54) is 0 Å². The molecule has 0 saturated heterocycles. The topological polar surface area (TPSA) is 54.5 Å². The Kier molecular flexibility index (Phi) is 8.31. The second-order valence-corrected chi connectivity index (χ2v) is 3.66. The van der Waals surface area contributed by atoms with Crippen LogP contribution in [0.25, 0.3) is 12.2 Å². The minimum Gasteiger partial charge on any atom is -0.345 e. The molecule has 0 atom stereocenters. The molecule has 106 valence electrons. The van der Waals surface area contributed by atoms with Crippen LogP contribution in [0.3, 0.4) is 0 Å². The fraction of sp³-hybridized carbons (Fsp3) is 0. The molecule has 0 bridgehead atoms. The summed E-state index contributed by atoms with van der Waals surface area (Å²) in [6.07, 6.45) is 12.1. The van der Waals surface area contributed by atoms with E-state index in [1.807, 2.05) is 36.4 Å². The molecule has 0 radical (unpaired) electrons. The number of nitrogens with one attached hydrogen (secondary N) is 1. The molecule has 0 unspecified atom stereocenters. The quantitative estimate of drug-likeness (QED) is 0.774. The Morgan fingerprint density at radius 1 is 0.810 bits per heavy atom. The van der Waals surface area contributed by atoms with Crippen molar-refractivity contribution in [3.05, 3.63) is 92.1 Å². The van der Waals surface area contributed by atoms with E-state index in [-0.39, 0.29) is 0 Å². The van der Waals surface area contributed by atoms with Crippen molar-refractivity contribution in [3.8, 4) is 0 Å². The van der Waals surface area contributed by atoms with Gasteiger partial charge in [-0.15, -0.1) is 0 Å². The minimum atomic E-state index is 0.819. The van der Waals surface area contributed by atoms with Crippen molar-refractivity contribution in [2.24, 2.45) is 0 Å². The molecule has 4 nitrogen and oxygen atoms in total. The van der Waals surface area contributed by atoms with Crippen molar-refractivity contribution in [1.82, 2.24) is 19.9 Å². The second kappa shape index (κ2) is 10.9. The molecular formula is C17H18N4. The molecule has 0 saturated carbocycles. The highest BCUT2D eigenvalue weighted by atomic mass is 14.9. The number of pyridine rings is 2. The van der Waals surface area contributed by atoms with Crippen LogP contribution in [0.5, 0.6) is 0 Å². The van der Waals surface area contributed by atoms with Gasteiger partial charge in [-0.05, 0) is 36.4 Å². The molecule has 21 heavy (non-hydrogen) atoms. The van der Waals surface area contributed by atoms with Crippen molar-refractivity contribution in [2.45, 2.75) is 0 Å². The molecule has 0 aliphatic heterocycles. The third-order valence-electron chi connectivity index (χ3n) is 2.18. The maximum absolute atomic E-state index is 3.98. The van der Waals surface area contributed by atoms with Crippen LogP contribution in [-0.2, 0) is 0 Å². The molecule has 0 aliphatic rings. The SMILES string of the molecule is C=Cc1ccccn1.C=Cc1ncc[nH]1.c1ccncc1. The maximum Gasteiger partial charge on any atom is 0.129 e. The number of rotatable bonds is 2. The molecule has 3 heterocycles. The van der Waals surface area contributed by atoms with Crippen LogP contribution in [-0.4, -0.2) is 19.9 Å². The third-order valence-corrected chi connectivity index (χ3v) is 2.18. The van der Waals surface area contributed by atoms with Crippen LogP contribution in [0, 0.1) is 0 Å². The van der Waals surface area contributed by atoms with E-state index in [0.29, 0.717) is 0 Å². The summed E-state index contributed by atoms with van der Waals surface area (Å²) in [5, 5.41) is 0. The Morgan fingerprint density at radius 2 is 1.57 bits per heavy atom. The second-order valence-electron chi connectivity index (χ2n) is 3.66. The fourth-order valence-electron chi connectivity index (χ4n) is 1.20. The van der Waals surface area contributed by atoms with Gasteiger partial charge in [0.1, 0.15) is 5.82 Å². The Bertz CT molecular complexity index is 563. The average Bonchev–Trinajstić information content (AvgIpc) is 3.12. The van der Waals surface area contributed by atoms with Gasteiger partial charge < -0.3 is 4.98 Å². The number of aromatic nitrogens is 4. The van der Waals surface area contributed by atoms with Crippen LogP contribution in [0.4, 0.5) is 0 Å². The monoisotopic (exact) mass is 278 g/mol. The molecule has 3 aromatic heterocycles. The highest BCUT2D eigenvalue weighted by Crippen LogP contribution is 1.91. The molecule has 0 amide bonds. The van der Waals surface area contributed by atoms with Crippen LogP contribution in [0.2, 0.25) is 0 Å². The summed E-state index contributed by atoms with van der Waals surface area (Å²) >= 11 is 0. The van der Waals surface area contributed by atoms with Crippen LogP contribution < -0.4 is 0 Å². The summed E-state index contributed by atoms with van der Waals surface area (Å²) in [6.45, 7) is 7.08. The molecule has 0 spiro atoms. The number of aromatic amines is 1. The number of H-pyrrole nitrogens is 1. The van der Waals surface area contributed by atoms with Gasteiger partial charge in [0, 0.05) is 31.0 Å². The van der Waals surface area contributed by atoms with E-state index in [9.17, 15) is 0 Å². The van der Waals surface area contributed by atoms with Crippen LogP contribution >= 0.6 is 0 Å². The van der Waals surface area contributed by atoms with Gasteiger partial charge in [-0.3, -0.25) is 9.97 Å². The fourth-order valence-corrected chi connectivity index (χ4v) is 1.20. The lowest BCUT2D eigenvalue weighted by atomic mass is 10.4. The van der Waals surface area contributed by atoms with Gasteiger partial charge in [-0.2, -0.15) is 0 Å². The van der Waals surface area contributed by atoms with Gasteiger partial charge in [0.2, 0.25) is 0 Å². The molecule has 4 heteroatoms. The normalized spacial score (nSPS) is 8.38.